The molecule has 0 aliphatic heterocycles. The minimum absolute atomic E-state index is 0.234. The van der Waals surface area contributed by atoms with Crippen LogP contribution in [-0.2, 0) is 4.79 Å². The molecule has 4 rings (SSSR count). The van der Waals surface area contributed by atoms with Crippen molar-refractivity contribution in [3.63, 3.8) is 0 Å². The highest BCUT2D eigenvalue weighted by molar-refractivity contribution is 5.82. The van der Waals surface area contributed by atoms with Gasteiger partial charge in [0.2, 0.25) is 0 Å². The van der Waals surface area contributed by atoms with E-state index in [1.165, 1.54) is 63.4 Å². The fourth-order valence-corrected chi connectivity index (χ4v) is 9.93. The van der Waals surface area contributed by atoms with Gasteiger partial charge in [0, 0.05) is 12.3 Å². The minimum atomic E-state index is 0.234. The van der Waals surface area contributed by atoms with Crippen molar-refractivity contribution < 1.29 is 4.79 Å². The molecule has 0 bridgehead atoms. The fraction of sp³-hybridized carbons (Fsp3) is 0.900. The third-order valence-corrected chi connectivity index (χ3v) is 12.2. The second-order valence-corrected chi connectivity index (χ2v) is 14.2. The van der Waals surface area contributed by atoms with Crippen LogP contribution in [0.4, 0.5) is 0 Å². The van der Waals surface area contributed by atoms with Crippen molar-refractivity contribution >= 4 is 5.78 Å². The fourth-order valence-electron chi connectivity index (χ4n) is 9.93. The zero-order valence-electron chi connectivity index (χ0n) is 22.0. The summed E-state index contributed by atoms with van der Waals surface area (Å²) in [5, 5.41) is 0. The Bertz CT molecular complexity index is 760. The number of carbonyl (C=O) groups is 1. The maximum atomic E-state index is 12.7. The number of ketones is 1. The highest BCUT2D eigenvalue weighted by atomic mass is 16.1. The van der Waals surface area contributed by atoms with E-state index in [4.69, 9.17) is 0 Å². The highest BCUT2D eigenvalue weighted by Gasteiger charge is 2.67. The van der Waals surface area contributed by atoms with Crippen molar-refractivity contribution in [2.75, 3.05) is 0 Å². The molecule has 0 radical (unpaired) electrons. The Hall–Kier alpha value is -0.590. The molecule has 4 fully saturated rings. The Balaban J connectivity index is 1.61. The lowest BCUT2D eigenvalue weighted by Gasteiger charge is -2.72. The molecule has 1 unspecified atom stereocenters. The van der Waals surface area contributed by atoms with Gasteiger partial charge in [-0.3, -0.25) is 4.79 Å². The van der Waals surface area contributed by atoms with E-state index in [1.807, 2.05) is 0 Å². The second kappa shape index (κ2) is 7.46. The predicted octanol–water partition coefficient (Wildman–Crippen LogP) is 8.77. The molecular formula is C30H50O. The van der Waals surface area contributed by atoms with Crippen LogP contribution < -0.4 is 0 Å². The molecule has 4 saturated carbocycles. The number of Topliss-reactive ketones (excluding diaryl/α,β-unsaturated/α-hetero) is 1. The van der Waals surface area contributed by atoms with Crippen molar-refractivity contribution in [2.24, 2.45) is 44.8 Å². The second-order valence-electron chi connectivity index (χ2n) is 14.2. The van der Waals surface area contributed by atoms with Gasteiger partial charge in [-0.1, -0.05) is 53.2 Å². The monoisotopic (exact) mass is 426 g/mol. The van der Waals surface area contributed by atoms with Crippen LogP contribution in [0.1, 0.15) is 126 Å². The first-order valence-corrected chi connectivity index (χ1v) is 13.5. The molecule has 0 aromatic rings. The van der Waals surface area contributed by atoms with E-state index in [9.17, 15) is 4.79 Å². The summed E-state index contributed by atoms with van der Waals surface area (Å²) in [5.74, 6) is 2.37. The largest absolute Gasteiger partial charge is 0.299 e. The lowest BCUT2D eigenvalue weighted by atomic mass is 9.33. The third-order valence-electron chi connectivity index (χ3n) is 12.2. The summed E-state index contributed by atoms with van der Waals surface area (Å²) in [6.45, 7) is 19.8. The number of carbonyl (C=O) groups excluding carboxylic acids is 1. The zero-order valence-corrected chi connectivity index (χ0v) is 22.0. The van der Waals surface area contributed by atoms with Gasteiger partial charge < -0.3 is 0 Å². The summed E-state index contributed by atoms with van der Waals surface area (Å²) in [6, 6.07) is 0. The van der Waals surface area contributed by atoms with E-state index in [0.29, 0.717) is 27.4 Å². The highest BCUT2D eigenvalue weighted by Crippen LogP contribution is 2.75. The first-order chi connectivity index (χ1) is 14.3. The van der Waals surface area contributed by atoms with Gasteiger partial charge in [-0.2, -0.15) is 0 Å². The third kappa shape index (κ3) is 3.42. The van der Waals surface area contributed by atoms with E-state index < -0.39 is 0 Å². The maximum Gasteiger partial charge on any atom is 0.136 e. The summed E-state index contributed by atoms with van der Waals surface area (Å²) in [7, 11) is 0. The van der Waals surface area contributed by atoms with E-state index >= 15 is 0 Å². The predicted molar refractivity (Wildman–Crippen MR) is 132 cm³/mol. The van der Waals surface area contributed by atoms with Gasteiger partial charge in [0.1, 0.15) is 5.78 Å². The number of allylic oxidation sites excluding steroid dienone is 2. The van der Waals surface area contributed by atoms with Crippen LogP contribution in [-0.4, -0.2) is 5.78 Å². The number of hydrogen-bond acceptors (Lipinski definition) is 1. The Kier molecular flexibility index (Phi) is 5.67. The summed E-state index contributed by atoms with van der Waals surface area (Å²) in [4.78, 5) is 12.7. The molecule has 31 heavy (non-hydrogen) atoms. The van der Waals surface area contributed by atoms with Gasteiger partial charge in [0.15, 0.2) is 0 Å². The number of rotatable bonds is 3. The van der Waals surface area contributed by atoms with Crippen LogP contribution in [0.3, 0.4) is 0 Å². The van der Waals surface area contributed by atoms with Crippen molar-refractivity contribution in [3.8, 4) is 0 Å². The normalized spacial score (nSPS) is 52.0. The molecule has 1 heteroatoms. The molecule has 0 aromatic heterocycles. The Morgan fingerprint density at radius 2 is 1.61 bits per heavy atom. The standard InChI is InChI=1S/C30H50O/c1-21(2)10-9-14-26(4)16-19-30(8)25-13-15-28(6)22(3)23(31)11-12-24(28)29(25,7)18-17-27(30,5)20-26/h10,22,24-25H,9,11-20H2,1-8H3/t22-,24+,25-,26+,27-,28+,29-,30?/m0/s1. The van der Waals surface area contributed by atoms with Crippen LogP contribution >= 0.6 is 0 Å². The molecule has 1 nitrogen and oxygen atoms in total. The van der Waals surface area contributed by atoms with Crippen LogP contribution in [0.25, 0.3) is 0 Å². The van der Waals surface area contributed by atoms with Crippen LogP contribution in [0, 0.1) is 44.8 Å². The van der Waals surface area contributed by atoms with E-state index in [1.54, 1.807) is 0 Å². The molecule has 0 spiro atoms. The average Bonchev–Trinajstić information content (AvgIpc) is 2.67. The first kappa shape index (κ1) is 23.6. The maximum absolute atomic E-state index is 12.7. The molecular weight excluding hydrogens is 376 g/mol. The van der Waals surface area contributed by atoms with Crippen molar-refractivity contribution in [3.05, 3.63) is 11.6 Å². The molecule has 0 N–H and O–H groups in total. The SMILES string of the molecule is CC(C)=CCC[C@]1(C)CCC2(C)[C@H]3CC[C@@]4(C)[C@@H](CCC(=O)[C@@H]4C)[C@]3(C)CC[C@@]2(C)C1. The summed E-state index contributed by atoms with van der Waals surface area (Å²) in [5.41, 5.74) is 3.56. The van der Waals surface area contributed by atoms with E-state index in [-0.39, 0.29) is 11.3 Å². The van der Waals surface area contributed by atoms with Gasteiger partial charge in [-0.25, -0.2) is 0 Å². The molecule has 0 saturated heterocycles. The van der Waals surface area contributed by atoms with Gasteiger partial charge in [-0.15, -0.1) is 0 Å². The summed E-state index contributed by atoms with van der Waals surface area (Å²) < 4.78 is 0. The molecule has 0 aromatic carbocycles. The summed E-state index contributed by atoms with van der Waals surface area (Å²) >= 11 is 0. The molecule has 0 amide bonds. The smallest absolute Gasteiger partial charge is 0.136 e. The van der Waals surface area contributed by atoms with Crippen molar-refractivity contribution in [1.29, 1.82) is 0 Å². The molecule has 4 aliphatic carbocycles. The minimum Gasteiger partial charge on any atom is -0.299 e. The summed E-state index contributed by atoms with van der Waals surface area (Å²) in [6.07, 6.45) is 16.7. The Morgan fingerprint density at radius 1 is 0.903 bits per heavy atom. The van der Waals surface area contributed by atoms with Crippen LogP contribution in [0.15, 0.2) is 11.6 Å². The lowest BCUT2D eigenvalue weighted by Crippen LogP contribution is -2.64. The van der Waals surface area contributed by atoms with Gasteiger partial charge >= 0.3 is 0 Å². The average molecular weight is 427 g/mol. The Morgan fingerprint density at radius 3 is 2.29 bits per heavy atom. The van der Waals surface area contributed by atoms with Crippen LogP contribution in [0.5, 0.6) is 0 Å². The number of hydrogen-bond donors (Lipinski definition) is 0. The Labute approximate surface area is 193 Å². The van der Waals surface area contributed by atoms with Crippen molar-refractivity contribution in [1.82, 2.24) is 0 Å². The quantitative estimate of drug-likeness (QED) is 0.412. The molecule has 0 heterocycles. The van der Waals surface area contributed by atoms with Crippen LogP contribution in [0.2, 0.25) is 0 Å². The molecule has 176 valence electrons. The van der Waals surface area contributed by atoms with Gasteiger partial charge in [0.05, 0.1) is 0 Å². The first-order valence-electron chi connectivity index (χ1n) is 13.5. The van der Waals surface area contributed by atoms with E-state index in [2.05, 4.69) is 61.5 Å². The molecule has 4 aliphatic rings. The number of fused-ring (bicyclic) bond motifs is 5. The van der Waals surface area contributed by atoms with Gasteiger partial charge in [0.25, 0.3) is 0 Å². The molecule has 8 atom stereocenters. The van der Waals surface area contributed by atoms with Gasteiger partial charge in [-0.05, 0) is 117 Å². The zero-order chi connectivity index (χ0) is 22.9. The van der Waals surface area contributed by atoms with E-state index in [0.717, 1.165) is 24.7 Å². The topological polar surface area (TPSA) is 17.1 Å². The van der Waals surface area contributed by atoms with Crippen molar-refractivity contribution in [2.45, 2.75) is 126 Å². The lowest BCUT2D eigenvalue weighted by molar-refractivity contribution is -0.225.